The molecule has 3 amide bonds. The zero-order valence-electron chi connectivity index (χ0n) is 18.5. The summed E-state index contributed by atoms with van der Waals surface area (Å²) in [5.41, 5.74) is 5.11. The van der Waals surface area contributed by atoms with E-state index in [0.717, 1.165) is 25.0 Å². The summed E-state index contributed by atoms with van der Waals surface area (Å²) < 4.78 is 46.7. The van der Waals surface area contributed by atoms with Gasteiger partial charge in [0.2, 0.25) is 18.0 Å². The normalized spacial score (nSPS) is 17.4. The number of nitrogens with zero attached hydrogens (tertiary/aromatic N) is 3. The Hall–Kier alpha value is -3.93. The second-order valence-corrected chi connectivity index (χ2v) is 8.41. The lowest BCUT2D eigenvalue weighted by Gasteiger charge is -2.28. The highest BCUT2D eigenvalue weighted by Crippen LogP contribution is 2.34. The summed E-state index contributed by atoms with van der Waals surface area (Å²) in [6, 6.07) is 10.7. The molecular weight excluding hydrogens is 465 g/mol. The summed E-state index contributed by atoms with van der Waals surface area (Å²) in [6.45, 7) is 0.563. The van der Waals surface area contributed by atoms with Gasteiger partial charge in [0.25, 0.3) is 0 Å². The predicted molar refractivity (Wildman–Crippen MR) is 120 cm³/mol. The minimum absolute atomic E-state index is 0.0214. The van der Waals surface area contributed by atoms with Crippen LogP contribution >= 0.6 is 0 Å². The van der Waals surface area contributed by atoms with E-state index in [1.165, 1.54) is 16.9 Å². The Balaban J connectivity index is 1.41. The first-order valence-electron chi connectivity index (χ1n) is 10.8. The van der Waals surface area contributed by atoms with E-state index >= 15 is 0 Å². The smallest absolute Gasteiger partial charge is 0.416 e. The van der Waals surface area contributed by atoms with Gasteiger partial charge in [-0.3, -0.25) is 9.59 Å². The van der Waals surface area contributed by atoms with Crippen molar-refractivity contribution in [1.82, 2.24) is 5.27 Å². The van der Waals surface area contributed by atoms with Gasteiger partial charge in [-0.15, -0.1) is 0 Å². The van der Waals surface area contributed by atoms with Crippen LogP contribution in [0.15, 0.2) is 59.3 Å². The predicted octanol–water partition coefficient (Wildman–Crippen LogP) is 4.14. The molecule has 184 valence electrons. The molecule has 1 fully saturated rings. The first-order chi connectivity index (χ1) is 16.6. The van der Waals surface area contributed by atoms with Crippen molar-refractivity contribution >= 4 is 29.2 Å². The molecule has 2 aromatic carbocycles. The fraction of sp³-hybridized carbons (Fsp3) is 0.304. The van der Waals surface area contributed by atoms with E-state index in [4.69, 9.17) is 10.3 Å². The Morgan fingerprint density at radius 2 is 1.80 bits per heavy atom. The Kier molecular flexibility index (Phi) is 7.01. The summed E-state index contributed by atoms with van der Waals surface area (Å²) in [5.74, 6) is -0.243. The average Bonchev–Trinajstić information content (AvgIpc) is 3.19. The topological polar surface area (TPSA) is 128 Å². The molecule has 1 aliphatic carbocycles. The van der Waals surface area contributed by atoms with Crippen LogP contribution in [0.3, 0.4) is 0 Å². The Bertz CT molecular complexity index is 1190. The third-order valence-corrected chi connectivity index (χ3v) is 5.43. The number of hydrogen-bond donors (Lipinski definition) is 3. The molecule has 1 saturated carbocycles. The van der Waals surface area contributed by atoms with Crippen molar-refractivity contribution in [2.24, 2.45) is 11.7 Å². The number of nitrogens with two attached hydrogens (primary N) is 1. The lowest BCUT2D eigenvalue weighted by Crippen LogP contribution is -2.46. The summed E-state index contributed by atoms with van der Waals surface area (Å²) in [5, 5.41) is 12.2. The van der Waals surface area contributed by atoms with Crippen LogP contribution in [0.5, 0.6) is 0 Å². The molecule has 1 aromatic heterocycles. The molecule has 4 rings (SSSR count). The van der Waals surface area contributed by atoms with Crippen LogP contribution < -0.4 is 21.0 Å². The lowest BCUT2D eigenvalue weighted by molar-refractivity contribution is -0.768. The highest BCUT2D eigenvalue weighted by Gasteiger charge is 2.32. The molecule has 0 saturated heterocycles. The molecule has 0 atom stereocenters. The minimum atomic E-state index is -4.70. The second-order valence-electron chi connectivity index (χ2n) is 8.41. The van der Waals surface area contributed by atoms with E-state index in [-0.39, 0.29) is 29.7 Å². The maximum atomic E-state index is 13.4. The molecule has 1 aliphatic rings. The number of halogens is 3. The number of benzene rings is 2. The van der Waals surface area contributed by atoms with Crippen molar-refractivity contribution < 1.29 is 32.0 Å². The maximum absolute atomic E-state index is 13.4. The molecule has 1 heterocycles. The van der Waals surface area contributed by atoms with Gasteiger partial charge >= 0.3 is 6.18 Å². The van der Waals surface area contributed by atoms with Gasteiger partial charge in [0.05, 0.1) is 12.0 Å². The van der Waals surface area contributed by atoms with Gasteiger partial charge in [-0.2, -0.15) is 13.2 Å². The van der Waals surface area contributed by atoms with Gasteiger partial charge in [-0.05, 0) is 42.3 Å². The molecule has 0 radical (unpaired) electrons. The molecule has 0 aliphatic heterocycles. The van der Waals surface area contributed by atoms with Crippen molar-refractivity contribution in [3.63, 3.8) is 0 Å². The molecule has 12 heteroatoms. The van der Waals surface area contributed by atoms with Crippen molar-refractivity contribution in [3.05, 3.63) is 71.2 Å². The van der Waals surface area contributed by atoms with E-state index in [1.807, 2.05) is 0 Å². The highest BCUT2D eigenvalue weighted by atomic mass is 19.4. The Morgan fingerprint density at radius 1 is 1.11 bits per heavy atom. The number of hydrogen-bond acceptors (Lipinski definition) is 5. The van der Waals surface area contributed by atoms with E-state index in [0.29, 0.717) is 18.0 Å². The second kappa shape index (κ2) is 10.1. The third kappa shape index (κ3) is 6.79. The van der Waals surface area contributed by atoms with E-state index in [9.17, 15) is 22.8 Å². The van der Waals surface area contributed by atoms with E-state index in [1.54, 1.807) is 30.3 Å². The summed E-state index contributed by atoms with van der Waals surface area (Å²) >= 11 is 0. The number of nitrogens with one attached hydrogen (secondary N) is 2. The monoisotopic (exact) mass is 488 g/mol. The molecule has 0 bridgehead atoms. The van der Waals surface area contributed by atoms with Crippen molar-refractivity contribution in [2.75, 3.05) is 10.6 Å². The number of alkyl halides is 3. The number of carbonyl (C=O) groups excluding carboxylic acids is 2. The van der Waals surface area contributed by atoms with Crippen LogP contribution in [-0.2, 0) is 23.9 Å². The van der Waals surface area contributed by atoms with Gasteiger partial charge < -0.3 is 26.2 Å². The third-order valence-electron chi connectivity index (χ3n) is 5.43. The van der Waals surface area contributed by atoms with Gasteiger partial charge in [-0.25, -0.2) is 0 Å². The minimum Gasteiger partial charge on any atom is -0.424 e. The average molecular weight is 488 g/mol. The number of rotatable bonds is 7. The highest BCUT2D eigenvalue weighted by molar-refractivity contribution is 6.04. The number of urea groups is 1. The zero-order valence-corrected chi connectivity index (χ0v) is 18.5. The molecule has 3 aromatic rings. The zero-order chi connectivity index (χ0) is 25.0. The molecule has 35 heavy (non-hydrogen) atoms. The van der Waals surface area contributed by atoms with Crippen molar-refractivity contribution in [3.8, 4) is 0 Å². The largest absolute Gasteiger partial charge is 0.424 e. The van der Waals surface area contributed by atoms with E-state index in [2.05, 4.69) is 21.2 Å². The van der Waals surface area contributed by atoms with Crippen molar-refractivity contribution in [2.45, 2.75) is 38.0 Å². The summed E-state index contributed by atoms with van der Waals surface area (Å²) in [7, 11) is 0. The van der Waals surface area contributed by atoms with Gasteiger partial charge in [0, 0.05) is 17.6 Å². The van der Waals surface area contributed by atoms with Crippen LogP contribution in [0.1, 0.15) is 24.0 Å². The number of amides is 3. The standard InChI is InChI=1S/C23H23F3N6O3/c24-23(25,26)16-9-18(28-20(33)8-14-4-2-1-3-5-14)11-19(10-16)29-22(34)30-21-13-32(31-35-21)12-15-6-17(27)7-15/h1-5,9-11,13,15,17H,6-8,12,27H2,(H2-,28,29,30,31,33,34). The fourth-order valence-electron chi connectivity index (χ4n) is 3.78. The molecule has 4 N–H and O–H groups in total. The number of anilines is 2. The number of carbonyl (C=O) groups is 2. The lowest BCUT2D eigenvalue weighted by atomic mass is 9.81. The van der Waals surface area contributed by atoms with Crippen LogP contribution in [-0.4, -0.2) is 23.3 Å². The Labute approximate surface area is 198 Å². The maximum Gasteiger partial charge on any atom is 0.416 e. The van der Waals surface area contributed by atoms with Gasteiger partial charge in [0.1, 0.15) is 0 Å². The fourth-order valence-corrected chi connectivity index (χ4v) is 3.78. The quantitative estimate of drug-likeness (QED) is 0.431. The van der Waals surface area contributed by atoms with Gasteiger partial charge in [0.15, 0.2) is 17.8 Å². The molecule has 9 nitrogen and oxygen atoms in total. The molecular formula is C23H23F3N6O3. The van der Waals surface area contributed by atoms with Crippen LogP contribution in [0.25, 0.3) is 5.32 Å². The van der Waals surface area contributed by atoms with Crippen LogP contribution in [0, 0.1) is 5.92 Å². The van der Waals surface area contributed by atoms with Gasteiger partial charge in [-0.1, -0.05) is 35.0 Å². The Morgan fingerprint density at radius 3 is 2.46 bits per heavy atom. The van der Waals surface area contributed by atoms with Crippen LogP contribution in [0.2, 0.25) is 0 Å². The first-order valence-corrected chi connectivity index (χ1v) is 10.8. The molecule has 0 spiro atoms. The summed E-state index contributed by atoms with van der Waals surface area (Å²) in [6.07, 6.45) is -1.56. The summed E-state index contributed by atoms with van der Waals surface area (Å²) in [4.78, 5) is 24.6. The van der Waals surface area contributed by atoms with Crippen molar-refractivity contribution in [1.29, 1.82) is 0 Å². The molecule has 0 unspecified atom stereocenters. The number of aromatic nitrogens is 2. The van der Waals surface area contributed by atoms with E-state index < -0.39 is 23.7 Å². The first kappa shape index (κ1) is 24.2. The SMILES string of the molecule is NC1CC(C[n+]2cc([N-]C(=O)Nc3cc(NC(=O)Cc4ccccc4)cc(C(F)(F)F)c3)on2)C1. The van der Waals surface area contributed by atoms with Crippen LogP contribution in [0.4, 0.5) is 35.2 Å².